The Morgan fingerprint density at radius 3 is 2.83 bits per heavy atom. The molecule has 62 valence electrons. The largest absolute Gasteiger partial charge is 0.404 e. The smallest absolute Gasteiger partial charge is 0.0734 e. The zero-order chi connectivity index (χ0) is 8.97. The number of aryl methyl sites for hydroxylation is 1. The van der Waals surface area contributed by atoms with Gasteiger partial charge in [0, 0.05) is 23.7 Å². The summed E-state index contributed by atoms with van der Waals surface area (Å²) in [6.45, 7) is 1.90. The number of rotatable bonds is 2. The predicted molar refractivity (Wildman–Crippen MR) is 49.9 cm³/mol. The Bertz CT molecular complexity index is 315. The first-order valence-corrected chi connectivity index (χ1v) is 3.64. The molecule has 0 aromatic carbocycles. The first kappa shape index (κ1) is 8.46. The molecule has 0 aliphatic heterocycles. The van der Waals surface area contributed by atoms with Crippen LogP contribution in [0.4, 0.5) is 0 Å². The molecule has 0 atom stereocenters. The Morgan fingerprint density at radius 1 is 1.58 bits per heavy atom. The summed E-state index contributed by atoms with van der Waals surface area (Å²) in [6.07, 6.45) is 2.58. The summed E-state index contributed by atoms with van der Waals surface area (Å²) in [4.78, 5) is 4.22. The highest BCUT2D eigenvalue weighted by Gasteiger charge is 1.97. The van der Waals surface area contributed by atoms with Crippen molar-refractivity contribution in [3.05, 3.63) is 35.8 Å². The number of hydrogen-bond donors (Lipinski definition) is 2. The minimum atomic E-state index is 0.638. The first-order valence-electron chi connectivity index (χ1n) is 3.64. The quantitative estimate of drug-likeness (QED) is 0.643. The van der Waals surface area contributed by atoms with E-state index >= 15 is 0 Å². The molecule has 0 saturated carbocycles. The highest BCUT2D eigenvalue weighted by Crippen LogP contribution is 2.07. The van der Waals surface area contributed by atoms with Crippen molar-refractivity contribution in [2.75, 3.05) is 0 Å². The van der Waals surface area contributed by atoms with Gasteiger partial charge < -0.3 is 11.1 Å². The molecule has 0 aliphatic rings. The van der Waals surface area contributed by atoms with Crippen LogP contribution < -0.4 is 5.73 Å². The lowest BCUT2D eigenvalue weighted by atomic mass is 10.2. The van der Waals surface area contributed by atoms with Gasteiger partial charge in [-0.3, -0.25) is 4.98 Å². The molecule has 3 heteroatoms. The van der Waals surface area contributed by atoms with Gasteiger partial charge in [0.25, 0.3) is 0 Å². The summed E-state index contributed by atoms with van der Waals surface area (Å²) < 4.78 is 0. The lowest BCUT2D eigenvalue weighted by Crippen LogP contribution is -1.94. The minimum Gasteiger partial charge on any atom is -0.404 e. The maximum absolute atomic E-state index is 7.05. The Hall–Kier alpha value is -1.64. The Kier molecular flexibility index (Phi) is 2.58. The molecule has 1 aromatic heterocycles. The highest BCUT2D eigenvalue weighted by atomic mass is 14.7. The molecule has 0 unspecified atom stereocenters. The third-order valence-corrected chi connectivity index (χ3v) is 1.52. The molecule has 0 saturated heterocycles. The summed E-state index contributed by atoms with van der Waals surface area (Å²) in [5, 5.41) is 7.05. The van der Waals surface area contributed by atoms with Crippen molar-refractivity contribution in [3.63, 3.8) is 0 Å². The van der Waals surface area contributed by atoms with Gasteiger partial charge in [-0.15, -0.1) is 0 Å². The van der Waals surface area contributed by atoms with E-state index in [4.69, 9.17) is 11.1 Å². The standard InChI is InChI=1S/C9H11N3/c1-7-3-2-4-9(12-7)8(5-10)6-11/h2-6,10H,11H2,1H3. The van der Waals surface area contributed by atoms with Crippen molar-refractivity contribution in [2.45, 2.75) is 6.92 Å². The van der Waals surface area contributed by atoms with Crippen LogP contribution in [0.25, 0.3) is 5.57 Å². The van der Waals surface area contributed by atoms with Gasteiger partial charge in [0.2, 0.25) is 0 Å². The number of hydrogen-bond acceptors (Lipinski definition) is 3. The van der Waals surface area contributed by atoms with Crippen molar-refractivity contribution in [3.8, 4) is 0 Å². The van der Waals surface area contributed by atoms with Gasteiger partial charge in [-0.05, 0) is 19.1 Å². The number of nitrogens with one attached hydrogen (secondary N) is 1. The molecule has 12 heavy (non-hydrogen) atoms. The molecule has 0 radical (unpaired) electrons. The van der Waals surface area contributed by atoms with E-state index in [0.717, 1.165) is 11.4 Å². The van der Waals surface area contributed by atoms with Gasteiger partial charge in [-0.25, -0.2) is 0 Å². The van der Waals surface area contributed by atoms with E-state index in [1.165, 1.54) is 12.4 Å². The van der Waals surface area contributed by atoms with Crippen LogP contribution in [-0.2, 0) is 0 Å². The number of nitrogens with zero attached hydrogens (tertiary/aromatic N) is 1. The van der Waals surface area contributed by atoms with Crippen LogP contribution in [0, 0.1) is 12.3 Å². The molecule has 0 spiro atoms. The van der Waals surface area contributed by atoms with Crippen LogP contribution in [0.3, 0.4) is 0 Å². The molecule has 1 heterocycles. The lowest BCUT2D eigenvalue weighted by Gasteiger charge is -1.99. The van der Waals surface area contributed by atoms with E-state index in [0.29, 0.717) is 5.57 Å². The fourth-order valence-electron chi connectivity index (χ4n) is 0.911. The average Bonchev–Trinajstić information content (AvgIpc) is 2.07. The molecule has 3 N–H and O–H groups in total. The number of pyridine rings is 1. The van der Waals surface area contributed by atoms with Crippen molar-refractivity contribution in [1.82, 2.24) is 4.98 Å². The van der Waals surface area contributed by atoms with E-state index in [-0.39, 0.29) is 0 Å². The molecule has 0 bridgehead atoms. The second-order valence-corrected chi connectivity index (χ2v) is 2.43. The number of allylic oxidation sites excluding steroid dienone is 1. The molecule has 1 aromatic rings. The average molecular weight is 161 g/mol. The molecular formula is C9H11N3. The molecule has 0 fully saturated rings. The minimum absolute atomic E-state index is 0.638. The Morgan fingerprint density at radius 2 is 2.33 bits per heavy atom. The van der Waals surface area contributed by atoms with Crippen LogP contribution in [0.2, 0.25) is 0 Å². The molecule has 3 nitrogen and oxygen atoms in total. The Balaban J connectivity index is 3.10. The fourth-order valence-corrected chi connectivity index (χ4v) is 0.911. The third-order valence-electron chi connectivity index (χ3n) is 1.52. The monoisotopic (exact) mass is 161 g/mol. The van der Waals surface area contributed by atoms with E-state index in [9.17, 15) is 0 Å². The summed E-state index contributed by atoms with van der Waals surface area (Å²) >= 11 is 0. The summed E-state index contributed by atoms with van der Waals surface area (Å²) in [7, 11) is 0. The van der Waals surface area contributed by atoms with Crippen LogP contribution in [0.15, 0.2) is 24.4 Å². The highest BCUT2D eigenvalue weighted by molar-refractivity contribution is 6.07. The van der Waals surface area contributed by atoms with Gasteiger partial charge in [0.15, 0.2) is 0 Å². The third kappa shape index (κ3) is 1.69. The van der Waals surface area contributed by atoms with Gasteiger partial charge in [0.1, 0.15) is 0 Å². The van der Waals surface area contributed by atoms with E-state index in [1.54, 1.807) is 0 Å². The van der Waals surface area contributed by atoms with E-state index in [2.05, 4.69) is 4.98 Å². The second-order valence-electron chi connectivity index (χ2n) is 2.43. The predicted octanol–water partition coefficient (Wildman–Crippen LogP) is 1.34. The normalized spacial score (nSPS) is 11.2. The fraction of sp³-hybridized carbons (Fsp3) is 0.111. The van der Waals surface area contributed by atoms with Gasteiger partial charge in [-0.1, -0.05) is 6.07 Å². The van der Waals surface area contributed by atoms with Gasteiger partial charge in [0.05, 0.1) is 5.69 Å². The first-order chi connectivity index (χ1) is 5.77. The lowest BCUT2D eigenvalue weighted by molar-refractivity contribution is 1.17. The molecular weight excluding hydrogens is 150 g/mol. The summed E-state index contributed by atoms with van der Waals surface area (Å²) in [5.74, 6) is 0. The van der Waals surface area contributed by atoms with Crippen LogP contribution in [0.1, 0.15) is 11.4 Å². The van der Waals surface area contributed by atoms with Crippen LogP contribution in [-0.4, -0.2) is 11.2 Å². The van der Waals surface area contributed by atoms with Crippen molar-refractivity contribution >= 4 is 11.8 Å². The number of nitrogens with two attached hydrogens (primary N) is 1. The summed E-state index contributed by atoms with van der Waals surface area (Å²) in [6, 6.07) is 5.63. The van der Waals surface area contributed by atoms with Crippen molar-refractivity contribution < 1.29 is 0 Å². The SMILES string of the molecule is Cc1cccc(C(C=N)=CN)n1. The zero-order valence-electron chi connectivity index (χ0n) is 6.91. The summed E-state index contributed by atoms with van der Waals surface area (Å²) in [5.41, 5.74) is 7.62. The van der Waals surface area contributed by atoms with Crippen LogP contribution >= 0.6 is 0 Å². The van der Waals surface area contributed by atoms with Crippen molar-refractivity contribution in [2.24, 2.45) is 5.73 Å². The molecule has 0 aliphatic carbocycles. The maximum atomic E-state index is 7.05. The molecule has 1 rings (SSSR count). The topological polar surface area (TPSA) is 62.8 Å². The van der Waals surface area contributed by atoms with E-state index in [1.807, 2.05) is 25.1 Å². The molecule has 0 amide bonds. The second kappa shape index (κ2) is 3.67. The van der Waals surface area contributed by atoms with E-state index < -0.39 is 0 Å². The van der Waals surface area contributed by atoms with Crippen LogP contribution in [0.5, 0.6) is 0 Å². The van der Waals surface area contributed by atoms with Crippen molar-refractivity contribution in [1.29, 1.82) is 5.41 Å². The van der Waals surface area contributed by atoms with Gasteiger partial charge in [-0.2, -0.15) is 0 Å². The number of aromatic nitrogens is 1. The zero-order valence-corrected chi connectivity index (χ0v) is 6.91. The van der Waals surface area contributed by atoms with Gasteiger partial charge >= 0.3 is 0 Å². The Labute approximate surface area is 71.4 Å². The maximum Gasteiger partial charge on any atom is 0.0734 e.